The molecular weight excluding hydrogens is 294 g/mol. The van der Waals surface area contributed by atoms with Crippen LogP contribution in [0, 0.1) is 5.92 Å². The van der Waals surface area contributed by atoms with E-state index in [9.17, 15) is 9.59 Å². The number of ether oxygens (including phenoxy) is 1. The maximum absolute atomic E-state index is 12.6. The number of anilines is 1. The van der Waals surface area contributed by atoms with Gasteiger partial charge in [-0.1, -0.05) is 18.6 Å². The number of para-hydroxylation sites is 2. The Bertz CT molecular complexity index is 605. The van der Waals surface area contributed by atoms with Gasteiger partial charge >= 0.3 is 0 Å². The monoisotopic (exact) mass is 317 g/mol. The molecule has 1 aromatic rings. The zero-order valence-electron chi connectivity index (χ0n) is 13.3. The van der Waals surface area contributed by atoms with Gasteiger partial charge < -0.3 is 20.7 Å². The molecule has 23 heavy (non-hydrogen) atoms. The smallest absolute Gasteiger partial charge is 0.249 e. The summed E-state index contributed by atoms with van der Waals surface area (Å²) < 4.78 is 5.32. The quantitative estimate of drug-likeness (QED) is 0.869. The van der Waals surface area contributed by atoms with Gasteiger partial charge in [0.05, 0.1) is 18.7 Å². The summed E-state index contributed by atoms with van der Waals surface area (Å²) in [7, 11) is 1.58. The third kappa shape index (κ3) is 3.03. The third-order valence-electron chi connectivity index (χ3n) is 4.80. The molecule has 2 amide bonds. The minimum Gasteiger partial charge on any atom is -0.495 e. The Labute approximate surface area is 136 Å². The van der Waals surface area contributed by atoms with E-state index < -0.39 is 6.04 Å². The van der Waals surface area contributed by atoms with Gasteiger partial charge in [0.1, 0.15) is 11.8 Å². The number of hydrogen-bond acceptors (Lipinski definition) is 4. The molecule has 3 N–H and O–H groups in total. The molecule has 6 heteroatoms. The van der Waals surface area contributed by atoms with Crippen molar-refractivity contribution in [1.29, 1.82) is 0 Å². The summed E-state index contributed by atoms with van der Waals surface area (Å²) in [6.45, 7) is 0.570. The summed E-state index contributed by atoms with van der Waals surface area (Å²) in [5, 5.41) is 2.89. The van der Waals surface area contributed by atoms with Crippen LogP contribution in [0.15, 0.2) is 24.3 Å². The molecule has 0 bridgehead atoms. The van der Waals surface area contributed by atoms with Crippen LogP contribution in [-0.4, -0.2) is 37.6 Å². The summed E-state index contributed by atoms with van der Waals surface area (Å²) in [5.41, 5.74) is 6.72. The van der Waals surface area contributed by atoms with Crippen molar-refractivity contribution in [2.75, 3.05) is 18.6 Å². The number of rotatable bonds is 4. The van der Waals surface area contributed by atoms with Gasteiger partial charge in [0.15, 0.2) is 0 Å². The Hall–Kier alpha value is -2.08. The summed E-state index contributed by atoms with van der Waals surface area (Å²) in [4.78, 5) is 26.6. The van der Waals surface area contributed by atoms with Crippen molar-refractivity contribution in [1.82, 2.24) is 5.32 Å². The van der Waals surface area contributed by atoms with Crippen molar-refractivity contribution in [2.45, 2.75) is 37.8 Å². The standard InChI is InChI=1S/C17H23N3O3/c1-23-15-8-3-2-7-14(15)20-10-9-13(17(20)22)19-16(21)11-5-4-6-12(11)18/h2-3,7-8,11-13H,4-6,9-10,18H2,1H3,(H,19,21)/t11-,12-,13-/m0/s1. The Balaban J connectivity index is 1.68. The van der Waals surface area contributed by atoms with Gasteiger partial charge in [-0.3, -0.25) is 9.59 Å². The van der Waals surface area contributed by atoms with E-state index in [2.05, 4.69) is 5.32 Å². The maximum atomic E-state index is 12.6. The van der Waals surface area contributed by atoms with Gasteiger partial charge in [-0.05, 0) is 31.4 Å². The predicted octanol–water partition coefficient (Wildman–Crippen LogP) is 1.04. The van der Waals surface area contributed by atoms with Crippen molar-refractivity contribution < 1.29 is 14.3 Å². The molecule has 1 aliphatic carbocycles. The molecule has 2 aliphatic rings. The van der Waals surface area contributed by atoms with Crippen LogP contribution < -0.4 is 20.7 Å². The van der Waals surface area contributed by atoms with E-state index in [1.165, 1.54) is 0 Å². The molecule has 0 aromatic heterocycles. The molecule has 3 rings (SSSR count). The van der Waals surface area contributed by atoms with Crippen molar-refractivity contribution >= 4 is 17.5 Å². The summed E-state index contributed by atoms with van der Waals surface area (Å²) >= 11 is 0. The summed E-state index contributed by atoms with van der Waals surface area (Å²) in [5.74, 6) is 0.318. The zero-order valence-corrected chi connectivity index (χ0v) is 13.3. The molecule has 1 aliphatic heterocycles. The van der Waals surface area contributed by atoms with Crippen molar-refractivity contribution in [3.63, 3.8) is 0 Å². The highest BCUT2D eigenvalue weighted by atomic mass is 16.5. The van der Waals surface area contributed by atoms with Crippen LogP contribution in [0.4, 0.5) is 5.69 Å². The summed E-state index contributed by atoms with van der Waals surface area (Å²) in [6, 6.07) is 6.86. The van der Waals surface area contributed by atoms with Gasteiger partial charge in [0, 0.05) is 12.6 Å². The first kappa shape index (κ1) is 15.8. The Kier molecular flexibility index (Phi) is 4.52. The lowest BCUT2D eigenvalue weighted by Crippen LogP contribution is -2.46. The van der Waals surface area contributed by atoms with Crippen LogP contribution in [-0.2, 0) is 9.59 Å². The second-order valence-corrected chi connectivity index (χ2v) is 6.21. The highest BCUT2D eigenvalue weighted by molar-refractivity contribution is 6.02. The number of methoxy groups -OCH3 is 1. The average molecular weight is 317 g/mol. The number of nitrogens with one attached hydrogen (secondary N) is 1. The molecule has 1 aromatic carbocycles. The normalized spacial score (nSPS) is 27.3. The Morgan fingerprint density at radius 1 is 1.30 bits per heavy atom. The molecule has 1 saturated heterocycles. The Morgan fingerprint density at radius 2 is 2.09 bits per heavy atom. The third-order valence-corrected chi connectivity index (χ3v) is 4.80. The fraction of sp³-hybridized carbons (Fsp3) is 0.529. The van der Waals surface area contributed by atoms with Crippen LogP contribution in [0.25, 0.3) is 0 Å². The van der Waals surface area contributed by atoms with E-state index in [4.69, 9.17) is 10.5 Å². The highest BCUT2D eigenvalue weighted by Crippen LogP contribution is 2.31. The van der Waals surface area contributed by atoms with Gasteiger partial charge in [-0.25, -0.2) is 0 Å². The van der Waals surface area contributed by atoms with E-state index in [0.717, 1.165) is 24.9 Å². The molecule has 0 spiro atoms. The molecule has 124 valence electrons. The number of amides is 2. The van der Waals surface area contributed by atoms with Crippen LogP contribution in [0.5, 0.6) is 5.75 Å². The first-order chi connectivity index (χ1) is 11.1. The molecule has 1 saturated carbocycles. The first-order valence-electron chi connectivity index (χ1n) is 8.12. The molecule has 0 radical (unpaired) electrons. The largest absolute Gasteiger partial charge is 0.495 e. The van der Waals surface area contributed by atoms with Gasteiger partial charge in [0.2, 0.25) is 11.8 Å². The number of nitrogens with two attached hydrogens (primary N) is 1. The van der Waals surface area contributed by atoms with Crippen molar-refractivity contribution in [2.24, 2.45) is 11.7 Å². The Morgan fingerprint density at radius 3 is 2.78 bits per heavy atom. The maximum Gasteiger partial charge on any atom is 0.249 e. The molecule has 2 fully saturated rings. The molecule has 6 nitrogen and oxygen atoms in total. The second-order valence-electron chi connectivity index (χ2n) is 6.21. The first-order valence-corrected chi connectivity index (χ1v) is 8.12. The van der Waals surface area contributed by atoms with Crippen LogP contribution in [0.3, 0.4) is 0 Å². The fourth-order valence-electron chi connectivity index (χ4n) is 3.50. The van der Waals surface area contributed by atoms with E-state index in [-0.39, 0.29) is 23.8 Å². The lowest BCUT2D eigenvalue weighted by atomic mass is 10.0. The number of benzene rings is 1. The molecule has 3 atom stereocenters. The van der Waals surface area contributed by atoms with E-state index >= 15 is 0 Å². The number of nitrogens with zero attached hydrogens (tertiary/aromatic N) is 1. The van der Waals surface area contributed by atoms with Gasteiger partial charge in [-0.15, -0.1) is 0 Å². The number of hydrogen-bond donors (Lipinski definition) is 2. The van der Waals surface area contributed by atoms with Crippen LogP contribution in [0.1, 0.15) is 25.7 Å². The second kappa shape index (κ2) is 6.58. The predicted molar refractivity (Wildman–Crippen MR) is 87.2 cm³/mol. The lowest BCUT2D eigenvalue weighted by Gasteiger charge is -2.21. The molecule has 1 heterocycles. The minimum absolute atomic E-state index is 0.0863. The molecular formula is C17H23N3O3. The fourth-order valence-corrected chi connectivity index (χ4v) is 3.50. The van der Waals surface area contributed by atoms with Crippen LogP contribution >= 0.6 is 0 Å². The van der Waals surface area contributed by atoms with E-state index in [1.54, 1.807) is 12.0 Å². The zero-order chi connectivity index (χ0) is 16.4. The van der Waals surface area contributed by atoms with Gasteiger partial charge in [0.25, 0.3) is 0 Å². The molecule has 0 unspecified atom stereocenters. The topological polar surface area (TPSA) is 84.7 Å². The van der Waals surface area contributed by atoms with E-state index in [1.807, 2.05) is 24.3 Å². The van der Waals surface area contributed by atoms with Crippen molar-refractivity contribution in [3.8, 4) is 5.75 Å². The van der Waals surface area contributed by atoms with E-state index in [0.29, 0.717) is 18.7 Å². The number of carbonyl (C=O) groups excluding carboxylic acids is 2. The van der Waals surface area contributed by atoms with Gasteiger partial charge in [-0.2, -0.15) is 0 Å². The summed E-state index contributed by atoms with van der Waals surface area (Å²) in [6.07, 6.45) is 3.27. The minimum atomic E-state index is -0.472. The lowest BCUT2D eigenvalue weighted by molar-refractivity contribution is -0.129. The highest BCUT2D eigenvalue weighted by Gasteiger charge is 2.37. The van der Waals surface area contributed by atoms with Crippen LogP contribution in [0.2, 0.25) is 0 Å². The number of carbonyl (C=O) groups is 2. The average Bonchev–Trinajstić information content (AvgIpc) is 3.14. The SMILES string of the molecule is COc1ccccc1N1CC[C@H](NC(=O)[C@H]2CCC[C@@H]2N)C1=O. The van der Waals surface area contributed by atoms with Crippen molar-refractivity contribution in [3.05, 3.63) is 24.3 Å².